The molecule has 0 fully saturated rings. The molecule has 0 aliphatic rings. The van der Waals surface area contributed by atoms with Crippen molar-refractivity contribution in [3.05, 3.63) is 42.7 Å². The van der Waals surface area contributed by atoms with Gasteiger partial charge < -0.3 is 5.32 Å². The molecule has 0 spiro atoms. The van der Waals surface area contributed by atoms with E-state index in [1.165, 1.54) is 6.92 Å². The summed E-state index contributed by atoms with van der Waals surface area (Å²) in [6.45, 7) is 1.48. The van der Waals surface area contributed by atoms with E-state index in [0.717, 1.165) is 20.8 Å². The molecule has 3 aromatic rings. The number of nitrogens with one attached hydrogen (secondary N) is 1. The van der Waals surface area contributed by atoms with E-state index in [-0.39, 0.29) is 5.91 Å². The number of aromatic nitrogens is 2. The lowest BCUT2D eigenvalue weighted by Crippen LogP contribution is -2.05. The van der Waals surface area contributed by atoms with Crippen LogP contribution in [0.3, 0.4) is 0 Å². The Hall–Kier alpha value is -2.27. The highest BCUT2D eigenvalue weighted by Crippen LogP contribution is 2.30. The first-order chi connectivity index (χ1) is 9.22. The molecule has 3 rings (SSSR count). The van der Waals surface area contributed by atoms with Crippen LogP contribution in [0.4, 0.5) is 5.69 Å². The molecule has 0 unspecified atom stereocenters. The Labute approximate surface area is 114 Å². The monoisotopic (exact) mass is 269 g/mol. The standard InChI is InChI=1S/C14H11N3OS/c1-9(18)16-11-6-10(7-15-8-11)14-17-12-4-2-3-5-13(12)19-14/h2-8H,1H3,(H,16,18). The van der Waals surface area contributed by atoms with Crippen molar-refractivity contribution in [3.63, 3.8) is 0 Å². The topological polar surface area (TPSA) is 54.9 Å². The van der Waals surface area contributed by atoms with Crippen LogP contribution in [0.15, 0.2) is 42.7 Å². The van der Waals surface area contributed by atoms with E-state index in [1.807, 2.05) is 30.3 Å². The normalized spacial score (nSPS) is 10.6. The van der Waals surface area contributed by atoms with Crippen LogP contribution < -0.4 is 5.32 Å². The molecule has 94 valence electrons. The third-order valence-electron chi connectivity index (χ3n) is 2.60. The van der Waals surface area contributed by atoms with Crippen LogP contribution in [0.2, 0.25) is 0 Å². The molecule has 2 heterocycles. The van der Waals surface area contributed by atoms with Gasteiger partial charge in [0.1, 0.15) is 5.01 Å². The zero-order valence-electron chi connectivity index (χ0n) is 10.3. The second-order valence-corrected chi connectivity index (χ2v) is 5.16. The minimum atomic E-state index is -0.108. The van der Waals surface area contributed by atoms with E-state index in [1.54, 1.807) is 23.7 Å². The van der Waals surface area contributed by atoms with Crippen molar-refractivity contribution in [2.24, 2.45) is 0 Å². The van der Waals surface area contributed by atoms with Crippen molar-refractivity contribution in [3.8, 4) is 10.6 Å². The summed E-state index contributed by atoms with van der Waals surface area (Å²) in [6.07, 6.45) is 3.38. The molecule has 5 heteroatoms. The van der Waals surface area contributed by atoms with Gasteiger partial charge in [-0.15, -0.1) is 11.3 Å². The van der Waals surface area contributed by atoms with Crippen molar-refractivity contribution < 1.29 is 4.79 Å². The summed E-state index contributed by atoms with van der Waals surface area (Å²) in [5.74, 6) is -0.108. The summed E-state index contributed by atoms with van der Waals surface area (Å²) in [6, 6.07) is 9.88. The number of thiazole rings is 1. The lowest BCUT2D eigenvalue weighted by Gasteiger charge is -2.02. The highest BCUT2D eigenvalue weighted by atomic mass is 32.1. The first-order valence-corrected chi connectivity index (χ1v) is 6.62. The van der Waals surface area contributed by atoms with Gasteiger partial charge in [-0.05, 0) is 18.2 Å². The summed E-state index contributed by atoms with van der Waals surface area (Å²) in [5, 5.41) is 3.63. The smallest absolute Gasteiger partial charge is 0.221 e. The summed E-state index contributed by atoms with van der Waals surface area (Å²) < 4.78 is 1.14. The van der Waals surface area contributed by atoms with E-state index in [2.05, 4.69) is 15.3 Å². The molecule has 2 aromatic heterocycles. The Balaban J connectivity index is 2.03. The molecular weight excluding hydrogens is 258 g/mol. The van der Waals surface area contributed by atoms with Crippen LogP contribution in [-0.2, 0) is 4.79 Å². The van der Waals surface area contributed by atoms with Gasteiger partial charge in [0, 0.05) is 18.7 Å². The summed E-state index contributed by atoms with van der Waals surface area (Å²) in [7, 11) is 0. The van der Waals surface area contributed by atoms with Gasteiger partial charge >= 0.3 is 0 Å². The maximum Gasteiger partial charge on any atom is 0.221 e. The van der Waals surface area contributed by atoms with Crippen LogP contribution in [0.25, 0.3) is 20.8 Å². The zero-order chi connectivity index (χ0) is 13.2. The molecule has 19 heavy (non-hydrogen) atoms. The van der Waals surface area contributed by atoms with Crippen LogP contribution in [0.5, 0.6) is 0 Å². The lowest BCUT2D eigenvalue weighted by molar-refractivity contribution is -0.114. The number of amides is 1. The van der Waals surface area contributed by atoms with Gasteiger partial charge in [-0.25, -0.2) is 4.98 Å². The molecule has 4 nitrogen and oxygen atoms in total. The third kappa shape index (κ3) is 2.46. The molecule has 1 aromatic carbocycles. The largest absolute Gasteiger partial charge is 0.325 e. The number of carbonyl (C=O) groups excluding carboxylic acids is 1. The van der Waals surface area contributed by atoms with Crippen molar-refractivity contribution >= 4 is 33.1 Å². The number of para-hydroxylation sites is 1. The first-order valence-electron chi connectivity index (χ1n) is 5.81. The number of nitrogens with zero attached hydrogens (tertiary/aromatic N) is 2. The molecule has 0 radical (unpaired) electrons. The Bertz CT molecular complexity index is 718. The molecule has 1 N–H and O–H groups in total. The van der Waals surface area contributed by atoms with Gasteiger partial charge in [-0.1, -0.05) is 12.1 Å². The van der Waals surface area contributed by atoms with Gasteiger partial charge in [-0.2, -0.15) is 0 Å². The number of hydrogen-bond acceptors (Lipinski definition) is 4. The molecule has 0 atom stereocenters. The van der Waals surface area contributed by atoms with Gasteiger partial charge in [-0.3, -0.25) is 9.78 Å². The molecule has 0 saturated heterocycles. The Morgan fingerprint density at radius 3 is 2.89 bits per heavy atom. The highest BCUT2D eigenvalue weighted by Gasteiger charge is 2.07. The number of pyridine rings is 1. The number of benzene rings is 1. The van der Waals surface area contributed by atoms with Crippen molar-refractivity contribution in [1.29, 1.82) is 0 Å². The molecule has 0 saturated carbocycles. The maximum atomic E-state index is 11.0. The quantitative estimate of drug-likeness (QED) is 0.776. The van der Waals surface area contributed by atoms with Gasteiger partial charge in [0.15, 0.2) is 0 Å². The minimum absolute atomic E-state index is 0.108. The van der Waals surface area contributed by atoms with Crippen LogP contribution in [0.1, 0.15) is 6.92 Å². The average molecular weight is 269 g/mol. The number of hydrogen-bond donors (Lipinski definition) is 1. The molecule has 0 bridgehead atoms. The molecule has 0 aliphatic heterocycles. The van der Waals surface area contributed by atoms with Gasteiger partial charge in [0.2, 0.25) is 5.91 Å². The summed E-state index contributed by atoms with van der Waals surface area (Å²) in [5.41, 5.74) is 2.57. The van der Waals surface area contributed by atoms with Crippen molar-refractivity contribution in [2.75, 3.05) is 5.32 Å². The lowest BCUT2D eigenvalue weighted by atomic mass is 10.2. The molecular formula is C14H11N3OS. The number of anilines is 1. The van der Waals surface area contributed by atoms with Crippen molar-refractivity contribution in [2.45, 2.75) is 6.92 Å². The zero-order valence-corrected chi connectivity index (χ0v) is 11.1. The predicted molar refractivity (Wildman–Crippen MR) is 77.2 cm³/mol. The Morgan fingerprint density at radius 1 is 1.26 bits per heavy atom. The van der Waals surface area contributed by atoms with Crippen LogP contribution in [0, 0.1) is 0 Å². The second kappa shape index (κ2) is 4.78. The van der Waals surface area contributed by atoms with E-state index in [9.17, 15) is 4.79 Å². The van der Waals surface area contributed by atoms with Crippen LogP contribution in [-0.4, -0.2) is 15.9 Å². The van der Waals surface area contributed by atoms with E-state index < -0.39 is 0 Å². The Kier molecular flexibility index (Phi) is 2.97. The van der Waals surface area contributed by atoms with E-state index in [0.29, 0.717) is 5.69 Å². The average Bonchev–Trinajstić information content (AvgIpc) is 2.82. The molecule has 1 amide bonds. The summed E-state index contributed by atoms with van der Waals surface area (Å²) >= 11 is 1.61. The third-order valence-corrected chi connectivity index (χ3v) is 3.68. The second-order valence-electron chi connectivity index (χ2n) is 4.13. The number of carbonyl (C=O) groups is 1. The first kappa shape index (κ1) is 11.8. The van der Waals surface area contributed by atoms with Gasteiger partial charge in [0.05, 0.1) is 22.1 Å². The predicted octanol–water partition coefficient (Wildman–Crippen LogP) is 3.32. The molecule has 0 aliphatic carbocycles. The minimum Gasteiger partial charge on any atom is -0.325 e. The Morgan fingerprint density at radius 2 is 2.11 bits per heavy atom. The fourth-order valence-corrected chi connectivity index (χ4v) is 2.77. The maximum absolute atomic E-state index is 11.0. The van der Waals surface area contributed by atoms with E-state index in [4.69, 9.17) is 0 Å². The fraction of sp³-hybridized carbons (Fsp3) is 0.0714. The van der Waals surface area contributed by atoms with Crippen molar-refractivity contribution in [1.82, 2.24) is 9.97 Å². The fourth-order valence-electron chi connectivity index (χ4n) is 1.82. The van der Waals surface area contributed by atoms with Crippen LogP contribution >= 0.6 is 11.3 Å². The van der Waals surface area contributed by atoms with E-state index >= 15 is 0 Å². The number of fused-ring (bicyclic) bond motifs is 1. The summed E-state index contributed by atoms with van der Waals surface area (Å²) in [4.78, 5) is 19.8. The number of rotatable bonds is 2. The van der Waals surface area contributed by atoms with Gasteiger partial charge in [0.25, 0.3) is 0 Å². The highest BCUT2D eigenvalue weighted by molar-refractivity contribution is 7.21. The SMILES string of the molecule is CC(=O)Nc1cncc(-c2nc3ccccc3s2)c1.